The standard InChI is InChI=1S/C15H24S/c1-7-12(8-2)13-10-15(4,5)9-11(3)14(13)16-6/h7H,1,8-10H2,2-6H3/b13-12-. The molecule has 0 nitrogen and oxygen atoms in total. The molecule has 0 unspecified atom stereocenters. The van der Waals surface area contributed by atoms with E-state index in [4.69, 9.17) is 0 Å². The summed E-state index contributed by atoms with van der Waals surface area (Å²) in [7, 11) is 0. The predicted octanol–water partition coefficient (Wildman–Crippen LogP) is 5.34. The largest absolute Gasteiger partial charge is 0.129 e. The Kier molecular flexibility index (Phi) is 4.49. The molecule has 0 fully saturated rings. The fourth-order valence-electron chi connectivity index (χ4n) is 2.71. The first-order valence-corrected chi connectivity index (χ1v) is 7.26. The van der Waals surface area contributed by atoms with Gasteiger partial charge in [-0.3, -0.25) is 0 Å². The van der Waals surface area contributed by atoms with Gasteiger partial charge in [0.25, 0.3) is 0 Å². The van der Waals surface area contributed by atoms with E-state index in [0.29, 0.717) is 5.41 Å². The molecule has 0 saturated carbocycles. The van der Waals surface area contributed by atoms with E-state index in [1.165, 1.54) is 23.3 Å². The Morgan fingerprint density at radius 1 is 1.44 bits per heavy atom. The summed E-state index contributed by atoms with van der Waals surface area (Å²) >= 11 is 1.90. The van der Waals surface area contributed by atoms with E-state index in [2.05, 4.69) is 40.5 Å². The van der Waals surface area contributed by atoms with Crippen LogP contribution in [0, 0.1) is 5.41 Å². The molecule has 1 rings (SSSR count). The maximum absolute atomic E-state index is 3.96. The lowest BCUT2D eigenvalue weighted by molar-refractivity contribution is 0.349. The van der Waals surface area contributed by atoms with Crippen LogP contribution in [-0.4, -0.2) is 6.26 Å². The molecule has 0 radical (unpaired) electrons. The first kappa shape index (κ1) is 13.6. The van der Waals surface area contributed by atoms with E-state index >= 15 is 0 Å². The highest BCUT2D eigenvalue weighted by Crippen LogP contribution is 2.46. The fraction of sp³-hybridized carbons (Fsp3) is 0.600. The Balaban J connectivity index is 3.30. The molecule has 0 N–H and O–H groups in total. The van der Waals surface area contributed by atoms with E-state index < -0.39 is 0 Å². The third kappa shape index (κ3) is 2.82. The lowest BCUT2D eigenvalue weighted by Crippen LogP contribution is -2.19. The van der Waals surface area contributed by atoms with Gasteiger partial charge in [0.1, 0.15) is 0 Å². The van der Waals surface area contributed by atoms with E-state index in [1.807, 2.05) is 17.8 Å². The lowest BCUT2D eigenvalue weighted by atomic mass is 9.74. The second-order valence-corrected chi connectivity index (χ2v) is 6.21. The third-order valence-electron chi connectivity index (χ3n) is 3.28. The van der Waals surface area contributed by atoms with E-state index in [0.717, 1.165) is 6.42 Å². The van der Waals surface area contributed by atoms with Gasteiger partial charge in [-0.1, -0.05) is 39.0 Å². The summed E-state index contributed by atoms with van der Waals surface area (Å²) in [6, 6.07) is 0. The average Bonchev–Trinajstić information content (AvgIpc) is 2.17. The third-order valence-corrected chi connectivity index (χ3v) is 4.28. The Morgan fingerprint density at radius 3 is 2.50 bits per heavy atom. The zero-order valence-electron chi connectivity index (χ0n) is 11.3. The van der Waals surface area contributed by atoms with Crippen molar-refractivity contribution in [2.75, 3.05) is 6.26 Å². The minimum atomic E-state index is 0.405. The van der Waals surface area contributed by atoms with Crippen LogP contribution in [0.5, 0.6) is 0 Å². The zero-order chi connectivity index (χ0) is 12.3. The molecule has 90 valence electrons. The number of allylic oxidation sites excluding steroid dienone is 4. The number of hydrogen-bond acceptors (Lipinski definition) is 1. The smallest absolute Gasteiger partial charge is 0.00935 e. The summed E-state index contributed by atoms with van der Waals surface area (Å²) < 4.78 is 0. The molecule has 16 heavy (non-hydrogen) atoms. The second-order valence-electron chi connectivity index (χ2n) is 5.39. The van der Waals surface area contributed by atoms with Crippen molar-refractivity contribution in [2.24, 2.45) is 5.41 Å². The maximum Gasteiger partial charge on any atom is 0.00935 e. The molecule has 0 aromatic rings. The van der Waals surface area contributed by atoms with Crippen LogP contribution >= 0.6 is 11.8 Å². The molecule has 0 aromatic carbocycles. The van der Waals surface area contributed by atoms with Crippen molar-refractivity contribution in [2.45, 2.75) is 47.0 Å². The molecule has 0 bridgehead atoms. The zero-order valence-corrected chi connectivity index (χ0v) is 12.1. The van der Waals surface area contributed by atoms with Gasteiger partial charge < -0.3 is 0 Å². The summed E-state index contributed by atoms with van der Waals surface area (Å²) in [4.78, 5) is 1.51. The Labute approximate surface area is 105 Å². The monoisotopic (exact) mass is 236 g/mol. The van der Waals surface area contributed by atoms with E-state index in [-0.39, 0.29) is 0 Å². The topological polar surface area (TPSA) is 0 Å². The van der Waals surface area contributed by atoms with Gasteiger partial charge >= 0.3 is 0 Å². The van der Waals surface area contributed by atoms with Gasteiger partial charge in [0.2, 0.25) is 0 Å². The Hall–Kier alpha value is -0.430. The average molecular weight is 236 g/mol. The van der Waals surface area contributed by atoms with Gasteiger partial charge in [0.15, 0.2) is 0 Å². The number of hydrogen-bond donors (Lipinski definition) is 0. The number of thioether (sulfide) groups is 1. The van der Waals surface area contributed by atoms with Gasteiger partial charge in [-0.05, 0) is 49.0 Å². The molecule has 0 aromatic heterocycles. The van der Waals surface area contributed by atoms with Crippen LogP contribution in [-0.2, 0) is 0 Å². The SMILES string of the molecule is C=C/C(CC)=C1\CC(C)(C)CC(C)=C1SC. The summed E-state index contributed by atoms with van der Waals surface area (Å²) in [6.07, 6.45) is 7.73. The van der Waals surface area contributed by atoms with Crippen molar-refractivity contribution in [3.05, 3.63) is 34.3 Å². The molecule has 0 amide bonds. The van der Waals surface area contributed by atoms with E-state index in [1.54, 1.807) is 11.1 Å². The highest BCUT2D eigenvalue weighted by molar-refractivity contribution is 8.02. The van der Waals surface area contributed by atoms with Crippen LogP contribution in [0.1, 0.15) is 47.0 Å². The Morgan fingerprint density at radius 2 is 2.06 bits per heavy atom. The fourth-order valence-corrected chi connectivity index (χ4v) is 3.59. The van der Waals surface area contributed by atoms with Crippen molar-refractivity contribution in [3.8, 4) is 0 Å². The van der Waals surface area contributed by atoms with Crippen LogP contribution < -0.4 is 0 Å². The van der Waals surface area contributed by atoms with Crippen molar-refractivity contribution in [3.63, 3.8) is 0 Å². The van der Waals surface area contributed by atoms with Gasteiger partial charge in [-0.2, -0.15) is 0 Å². The molecule has 0 heterocycles. The molecule has 0 spiro atoms. The van der Waals surface area contributed by atoms with Crippen molar-refractivity contribution < 1.29 is 0 Å². The van der Waals surface area contributed by atoms with Crippen LogP contribution in [0.4, 0.5) is 0 Å². The van der Waals surface area contributed by atoms with Crippen LogP contribution in [0.25, 0.3) is 0 Å². The minimum absolute atomic E-state index is 0.405. The van der Waals surface area contributed by atoms with Crippen molar-refractivity contribution in [1.82, 2.24) is 0 Å². The minimum Gasteiger partial charge on any atom is -0.129 e. The van der Waals surface area contributed by atoms with Crippen molar-refractivity contribution >= 4 is 11.8 Å². The lowest BCUT2D eigenvalue weighted by Gasteiger charge is -2.34. The second kappa shape index (κ2) is 5.27. The van der Waals surface area contributed by atoms with Crippen LogP contribution in [0.3, 0.4) is 0 Å². The highest BCUT2D eigenvalue weighted by atomic mass is 32.2. The quantitative estimate of drug-likeness (QED) is 0.637. The summed E-state index contributed by atoms with van der Waals surface area (Å²) in [5.74, 6) is 0. The molecular weight excluding hydrogens is 212 g/mol. The van der Waals surface area contributed by atoms with Crippen LogP contribution in [0.2, 0.25) is 0 Å². The summed E-state index contributed by atoms with van der Waals surface area (Å²) in [6.45, 7) is 13.2. The van der Waals surface area contributed by atoms with Gasteiger partial charge in [0, 0.05) is 4.91 Å². The predicted molar refractivity (Wildman–Crippen MR) is 76.7 cm³/mol. The molecule has 1 aliphatic carbocycles. The van der Waals surface area contributed by atoms with Crippen molar-refractivity contribution in [1.29, 1.82) is 0 Å². The first-order valence-electron chi connectivity index (χ1n) is 6.03. The van der Waals surface area contributed by atoms with Gasteiger partial charge in [-0.15, -0.1) is 11.8 Å². The molecule has 0 saturated heterocycles. The molecule has 1 heteroatoms. The molecular formula is C15H24S. The van der Waals surface area contributed by atoms with Crippen LogP contribution in [0.15, 0.2) is 34.3 Å². The summed E-state index contributed by atoms with van der Waals surface area (Å²) in [5.41, 5.74) is 4.92. The van der Waals surface area contributed by atoms with Gasteiger partial charge in [0.05, 0.1) is 0 Å². The summed E-state index contributed by atoms with van der Waals surface area (Å²) in [5, 5.41) is 0. The molecule has 0 aliphatic heterocycles. The molecule has 0 atom stereocenters. The van der Waals surface area contributed by atoms with E-state index in [9.17, 15) is 0 Å². The van der Waals surface area contributed by atoms with Gasteiger partial charge in [-0.25, -0.2) is 0 Å². The maximum atomic E-state index is 3.96. The highest BCUT2D eigenvalue weighted by Gasteiger charge is 2.29. The molecule has 1 aliphatic rings. The number of rotatable bonds is 3. The Bertz CT molecular complexity index is 342. The first-order chi connectivity index (χ1) is 7.45. The normalized spacial score (nSPS) is 23.3.